The Hall–Kier alpha value is -5.46. The van der Waals surface area contributed by atoms with E-state index in [1.165, 1.54) is 17.8 Å². The number of para-hydroxylation sites is 1. The molecule has 4 aromatic carbocycles. The van der Waals surface area contributed by atoms with Crippen molar-refractivity contribution < 1.29 is 29.0 Å². The summed E-state index contributed by atoms with van der Waals surface area (Å²) in [6.07, 6.45) is -2.68. The van der Waals surface area contributed by atoms with Crippen molar-refractivity contribution in [3.63, 3.8) is 0 Å². The number of pyridine rings is 1. The Morgan fingerprint density at radius 1 is 0.843 bits per heavy atom. The van der Waals surface area contributed by atoms with Crippen molar-refractivity contribution in [1.29, 1.82) is 0 Å². The van der Waals surface area contributed by atoms with E-state index < -0.39 is 48.1 Å². The van der Waals surface area contributed by atoms with Crippen molar-refractivity contribution in [1.82, 2.24) is 20.9 Å². The number of ether oxygens (including phenoxy) is 1. The summed E-state index contributed by atoms with van der Waals surface area (Å²) in [5, 5.41) is 22.8. The Balaban J connectivity index is 1.35. The molecule has 0 bridgehead atoms. The van der Waals surface area contributed by atoms with Crippen LogP contribution < -0.4 is 26.4 Å². The first-order valence-electron chi connectivity index (χ1n) is 16.5. The standard InChI is InChI=1S/C39H41N5O6S/c1-39(2,3)44-36(47)29-14-8-6-13-27(29)21-33(45)32(23-51-28-18-16-24-10-4-5-12-26(24)20-28)42-37(48)31(22-34(40)46)43-38(49)50-35-19-17-25-11-7-9-15-30(25)41-35/h4-20,31-33,45H,21-23H2,1-3H3,(H2,40,46)(H,42,48)(H,43,49)(H,44,47)/t31-,32-,33+/m0/s1. The molecule has 0 aliphatic rings. The van der Waals surface area contributed by atoms with Crippen LogP contribution in [-0.2, 0) is 16.0 Å². The van der Waals surface area contributed by atoms with Gasteiger partial charge in [0.1, 0.15) is 6.04 Å². The maximum Gasteiger partial charge on any atom is 0.414 e. The molecule has 264 valence electrons. The van der Waals surface area contributed by atoms with Gasteiger partial charge in [-0.3, -0.25) is 14.4 Å². The minimum Gasteiger partial charge on any atom is -0.391 e. The van der Waals surface area contributed by atoms with Crippen LogP contribution in [0.5, 0.6) is 5.88 Å². The molecule has 0 saturated carbocycles. The quantitative estimate of drug-likeness (QED) is 0.105. The van der Waals surface area contributed by atoms with Crippen LogP contribution in [0.4, 0.5) is 4.79 Å². The lowest BCUT2D eigenvalue weighted by Gasteiger charge is -2.27. The van der Waals surface area contributed by atoms with Crippen molar-refractivity contribution in [3.8, 4) is 5.88 Å². The lowest BCUT2D eigenvalue weighted by atomic mass is 9.97. The molecule has 0 unspecified atom stereocenters. The van der Waals surface area contributed by atoms with Crippen LogP contribution in [0.15, 0.2) is 108 Å². The van der Waals surface area contributed by atoms with E-state index in [4.69, 9.17) is 10.5 Å². The number of primary amides is 1. The number of aliphatic hydroxyl groups is 1. The molecule has 4 amide bonds. The number of nitrogens with one attached hydrogen (secondary N) is 3. The number of thioether (sulfide) groups is 1. The molecule has 0 aliphatic heterocycles. The molecule has 5 rings (SSSR count). The summed E-state index contributed by atoms with van der Waals surface area (Å²) in [6, 6.07) is 29.1. The van der Waals surface area contributed by atoms with Gasteiger partial charge >= 0.3 is 6.09 Å². The van der Waals surface area contributed by atoms with Crippen LogP contribution >= 0.6 is 11.8 Å². The Kier molecular flexibility index (Phi) is 11.9. The molecule has 1 heterocycles. The van der Waals surface area contributed by atoms with Gasteiger partial charge in [0, 0.05) is 39.6 Å². The van der Waals surface area contributed by atoms with Gasteiger partial charge in [0.25, 0.3) is 5.91 Å². The summed E-state index contributed by atoms with van der Waals surface area (Å²) in [7, 11) is 0. The topological polar surface area (TPSA) is 173 Å². The zero-order chi connectivity index (χ0) is 36.5. The number of aromatic nitrogens is 1. The number of benzene rings is 4. The fourth-order valence-corrected chi connectivity index (χ4v) is 6.50. The third kappa shape index (κ3) is 10.5. The molecule has 5 aromatic rings. The van der Waals surface area contributed by atoms with Gasteiger partial charge in [0.05, 0.1) is 24.1 Å². The monoisotopic (exact) mass is 707 g/mol. The number of carbonyl (C=O) groups is 4. The predicted molar refractivity (Wildman–Crippen MR) is 198 cm³/mol. The third-order valence-electron chi connectivity index (χ3n) is 7.91. The summed E-state index contributed by atoms with van der Waals surface area (Å²) in [4.78, 5) is 57.1. The average Bonchev–Trinajstić information content (AvgIpc) is 3.08. The highest BCUT2D eigenvalue weighted by Gasteiger charge is 2.30. The zero-order valence-corrected chi connectivity index (χ0v) is 29.4. The predicted octanol–water partition coefficient (Wildman–Crippen LogP) is 5.13. The summed E-state index contributed by atoms with van der Waals surface area (Å²) in [5.41, 5.74) is 6.57. The van der Waals surface area contributed by atoms with Crippen molar-refractivity contribution in [3.05, 3.63) is 114 Å². The normalized spacial score (nSPS) is 13.2. The second-order valence-electron chi connectivity index (χ2n) is 13.2. The summed E-state index contributed by atoms with van der Waals surface area (Å²) >= 11 is 1.42. The number of hydrogen-bond donors (Lipinski definition) is 5. The molecule has 0 saturated heterocycles. The van der Waals surface area contributed by atoms with Crippen LogP contribution in [0.3, 0.4) is 0 Å². The van der Waals surface area contributed by atoms with E-state index >= 15 is 0 Å². The van der Waals surface area contributed by atoms with Crippen LogP contribution in [0.25, 0.3) is 21.7 Å². The minimum absolute atomic E-state index is 0.00122. The van der Waals surface area contributed by atoms with Crippen LogP contribution in [0.1, 0.15) is 43.1 Å². The molecule has 6 N–H and O–H groups in total. The number of aliphatic hydroxyl groups excluding tert-OH is 1. The van der Waals surface area contributed by atoms with Gasteiger partial charge in [-0.2, -0.15) is 0 Å². The number of amides is 4. The highest BCUT2D eigenvalue weighted by atomic mass is 32.2. The van der Waals surface area contributed by atoms with E-state index in [1.807, 2.05) is 75.4 Å². The van der Waals surface area contributed by atoms with Crippen molar-refractivity contribution in [2.24, 2.45) is 5.73 Å². The Bertz CT molecular complexity index is 2050. The molecular formula is C39H41N5O6S. The maximum absolute atomic E-state index is 13.7. The van der Waals surface area contributed by atoms with Gasteiger partial charge in [-0.1, -0.05) is 66.7 Å². The molecule has 0 fully saturated rings. The van der Waals surface area contributed by atoms with Gasteiger partial charge in [-0.15, -0.1) is 11.8 Å². The number of nitrogens with zero attached hydrogens (tertiary/aromatic N) is 1. The van der Waals surface area contributed by atoms with Crippen molar-refractivity contribution in [2.75, 3.05) is 5.75 Å². The highest BCUT2D eigenvalue weighted by Crippen LogP contribution is 2.26. The lowest BCUT2D eigenvalue weighted by molar-refractivity contribution is -0.128. The van der Waals surface area contributed by atoms with Gasteiger partial charge in [-0.25, -0.2) is 9.78 Å². The van der Waals surface area contributed by atoms with E-state index in [0.717, 1.165) is 21.1 Å². The average molecular weight is 708 g/mol. The second-order valence-corrected chi connectivity index (χ2v) is 14.3. The van der Waals surface area contributed by atoms with Crippen LogP contribution in [0, 0.1) is 0 Å². The van der Waals surface area contributed by atoms with Gasteiger partial charge < -0.3 is 31.5 Å². The molecular weight excluding hydrogens is 667 g/mol. The maximum atomic E-state index is 13.7. The fourth-order valence-electron chi connectivity index (χ4n) is 5.45. The smallest absolute Gasteiger partial charge is 0.391 e. The van der Waals surface area contributed by atoms with Crippen molar-refractivity contribution in [2.45, 2.75) is 62.2 Å². The molecule has 0 aliphatic carbocycles. The molecule has 3 atom stereocenters. The number of hydrogen-bond acceptors (Lipinski definition) is 8. The minimum atomic E-state index is -1.42. The molecule has 1 aromatic heterocycles. The number of carbonyl (C=O) groups excluding carboxylic acids is 4. The van der Waals surface area contributed by atoms with Gasteiger partial charge in [-0.05, 0) is 67.4 Å². The van der Waals surface area contributed by atoms with E-state index in [2.05, 4.69) is 20.9 Å². The SMILES string of the molecule is CC(C)(C)NC(=O)c1ccccc1C[C@@H](O)[C@H](CSc1ccc2ccccc2c1)NC(=O)[C@H](CC(N)=O)NC(=O)Oc1ccc2ccccc2n1. The molecule has 0 spiro atoms. The molecule has 51 heavy (non-hydrogen) atoms. The first-order valence-corrected chi connectivity index (χ1v) is 17.5. The first kappa shape index (κ1) is 36.8. The second kappa shape index (κ2) is 16.5. The fraction of sp³-hybridized carbons (Fsp3) is 0.256. The Labute approximate surface area is 300 Å². The largest absolute Gasteiger partial charge is 0.414 e. The van der Waals surface area contributed by atoms with Crippen LogP contribution in [0.2, 0.25) is 0 Å². The summed E-state index contributed by atoms with van der Waals surface area (Å²) < 4.78 is 5.34. The van der Waals surface area contributed by atoms with E-state index in [-0.39, 0.29) is 24.0 Å². The van der Waals surface area contributed by atoms with Crippen LogP contribution in [-0.4, -0.2) is 63.4 Å². The Morgan fingerprint density at radius 2 is 1.51 bits per heavy atom. The summed E-state index contributed by atoms with van der Waals surface area (Å²) in [6.45, 7) is 5.63. The number of fused-ring (bicyclic) bond motifs is 2. The zero-order valence-electron chi connectivity index (χ0n) is 28.6. The molecule has 0 radical (unpaired) electrons. The first-order chi connectivity index (χ1) is 24.3. The number of rotatable bonds is 13. The Morgan fingerprint density at radius 3 is 2.25 bits per heavy atom. The number of nitrogens with two attached hydrogens (primary N) is 1. The van der Waals surface area contributed by atoms with E-state index in [9.17, 15) is 24.3 Å². The lowest BCUT2D eigenvalue weighted by Crippen LogP contribution is -2.55. The van der Waals surface area contributed by atoms with E-state index in [1.54, 1.807) is 42.5 Å². The highest BCUT2D eigenvalue weighted by molar-refractivity contribution is 7.99. The van der Waals surface area contributed by atoms with E-state index in [0.29, 0.717) is 16.6 Å². The van der Waals surface area contributed by atoms with Gasteiger partial charge in [0.15, 0.2) is 0 Å². The van der Waals surface area contributed by atoms with Crippen molar-refractivity contribution >= 4 is 57.3 Å². The van der Waals surface area contributed by atoms with Gasteiger partial charge in [0.2, 0.25) is 17.7 Å². The third-order valence-corrected chi connectivity index (χ3v) is 9.02. The summed E-state index contributed by atoms with van der Waals surface area (Å²) in [5.74, 6) is -1.66. The molecule has 11 nitrogen and oxygen atoms in total. The molecule has 12 heteroatoms.